The first-order chi connectivity index (χ1) is 11.0. The molecule has 0 saturated heterocycles. The molecule has 1 atom stereocenters. The van der Waals surface area contributed by atoms with Crippen LogP contribution in [0.2, 0.25) is 0 Å². The summed E-state index contributed by atoms with van der Waals surface area (Å²) in [5.74, 6) is -1.49. The number of aryl methyl sites for hydroxylation is 1. The molecule has 1 N–H and O–H groups in total. The Labute approximate surface area is 147 Å². The average molecular weight is 351 g/mol. The lowest BCUT2D eigenvalue weighted by Gasteiger charge is -2.25. The Morgan fingerprint density at radius 2 is 1.88 bits per heavy atom. The number of amides is 1. The topological polar surface area (TPSA) is 74.7 Å². The second-order valence-corrected chi connectivity index (χ2v) is 7.90. The number of anilines is 1. The highest BCUT2D eigenvalue weighted by molar-refractivity contribution is 8.13. The van der Waals surface area contributed by atoms with Crippen LogP contribution in [0.25, 0.3) is 0 Å². The Morgan fingerprint density at radius 3 is 2.38 bits per heavy atom. The van der Waals surface area contributed by atoms with Crippen LogP contribution in [0.3, 0.4) is 0 Å². The first-order valence-corrected chi connectivity index (χ1v) is 8.78. The van der Waals surface area contributed by atoms with Gasteiger partial charge < -0.3 is 10.0 Å². The summed E-state index contributed by atoms with van der Waals surface area (Å²) >= 11 is 1.12. The van der Waals surface area contributed by atoms with Gasteiger partial charge in [0.2, 0.25) is 5.91 Å². The van der Waals surface area contributed by atoms with E-state index in [0.29, 0.717) is 11.4 Å². The number of hydrogen-bond donors (Lipinski definition) is 1. The number of hydrogen-bond acceptors (Lipinski definition) is 4. The number of carboxylic acids is 1. The maximum Gasteiger partial charge on any atom is 0.323 e. The van der Waals surface area contributed by atoms with Crippen molar-refractivity contribution in [1.82, 2.24) is 0 Å². The lowest BCUT2D eigenvalue weighted by molar-refractivity contribution is -0.137. The summed E-state index contributed by atoms with van der Waals surface area (Å²) in [6.45, 7) is 8.70. The van der Waals surface area contributed by atoms with E-state index in [1.54, 1.807) is 25.1 Å². The third-order valence-corrected chi connectivity index (χ3v) is 4.91. The molecule has 0 aliphatic carbocycles. The molecular weight excluding hydrogens is 326 g/mol. The Balaban J connectivity index is 2.88. The normalized spacial score (nSPS) is 12.5. The van der Waals surface area contributed by atoms with Crippen LogP contribution in [0.5, 0.6) is 0 Å². The summed E-state index contributed by atoms with van der Waals surface area (Å²) in [6.07, 6.45) is 0. The van der Waals surface area contributed by atoms with Gasteiger partial charge in [-0.05, 0) is 24.6 Å². The van der Waals surface area contributed by atoms with Gasteiger partial charge in [-0.25, -0.2) is 0 Å². The standard InChI is InChI=1S/C18H25NO4S/c1-12-7-6-8-14(9-12)19(10-15(20)21)16(22)13(2)11-24-17(23)18(3,4)5/h6-9,13H,10-11H2,1-5H3,(H,20,21). The van der Waals surface area contributed by atoms with E-state index in [0.717, 1.165) is 17.3 Å². The van der Waals surface area contributed by atoms with Crippen molar-refractivity contribution in [1.29, 1.82) is 0 Å². The number of aliphatic carboxylic acids is 1. The molecule has 0 spiro atoms. The van der Waals surface area contributed by atoms with E-state index >= 15 is 0 Å². The molecule has 1 unspecified atom stereocenters. The molecule has 6 heteroatoms. The highest BCUT2D eigenvalue weighted by Gasteiger charge is 2.27. The molecule has 0 aliphatic rings. The largest absolute Gasteiger partial charge is 0.480 e. The smallest absolute Gasteiger partial charge is 0.323 e. The van der Waals surface area contributed by atoms with Crippen LogP contribution >= 0.6 is 11.8 Å². The van der Waals surface area contributed by atoms with E-state index in [-0.39, 0.29) is 11.0 Å². The highest BCUT2D eigenvalue weighted by atomic mass is 32.2. The number of carbonyl (C=O) groups excluding carboxylic acids is 2. The molecule has 0 aliphatic heterocycles. The van der Waals surface area contributed by atoms with Crippen molar-refractivity contribution in [3.8, 4) is 0 Å². The van der Waals surface area contributed by atoms with Crippen molar-refractivity contribution in [3.05, 3.63) is 29.8 Å². The molecule has 24 heavy (non-hydrogen) atoms. The summed E-state index contributed by atoms with van der Waals surface area (Å²) < 4.78 is 0. The number of nitrogens with zero attached hydrogens (tertiary/aromatic N) is 1. The van der Waals surface area contributed by atoms with Crippen molar-refractivity contribution in [3.63, 3.8) is 0 Å². The van der Waals surface area contributed by atoms with Gasteiger partial charge in [-0.2, -0.15) is 0 Å². The van der Waals surface area contributed by atoms with Crippen molar-refractivity contribution >= 4 is 34.4 Å². The number of rotatable bonds is 6. The molecule has 0 radical (unpaired) electrons. The second kappa shape index (κ2) is 8.33. The van der Waals surface area contributed by atoms with Crippen molar-refractivity contribution in [2.45, 2.75) is 34.6 Å². The highest BCUT2D eigenvalue weighted by Crippen LogP contribution is 2.26. The van der Waals surface area contributed by atoms with E-state index in [9.17, 15) is 14.4 Å². The maximum absolute atomic E-state index is 12.7. The zero-order chi connectivity index (χ0) is 18.5. The fourth-order valence-corrected chi connectivity index (χ4v) is 2.96. The molecule has 1 rings (SSSR count). The third-order valence-electron chi connectivity index (χ3n) is 3.37. The average Bonchev–Trinajstić information content (AvgIpc) is 2.48. The van der Waals surface area contributed by atoms with Crippen molar-refractivity contribution < 1.29 is 19.5 Å². The Kier molecular flexibility index (Phi) is 7.02. The molecule has 1 aromatic carbocycles. The van der Waals surface area contributed by atoms with Crippen LogP contribution < -0.4 is 4.90 Å². The molecule has 132 valence electrons. The molecular formula is C18H25NO4S. The summed E-state index contributed by atoms with van der Waals surface area (Å²) in [7, 11) is 0. The van der Waals surface area contributed by atoms with Gasteiger partial charge in [0.05, 0.1) is 0 Å². The van der Waals surface area contributed by atoms with Crippen LogP contribution in [0.1, 0.15) is 33.3 Å². The van der Waals surface area contributed by atoms with E-state index < -0.39 is 23.8 Å². The number of carboxylic acid groups (broad SMARTS) is 1. The third kappa shape index (κ3) is 6.00. The molecule has 1 aromatic rings. The summed E-state index contributed by atoms with van der Waals surface area (Å²) in [6, 6.07) is 7.17. The van der Waals surface area contributed by atoms with Crippen molar-refractivity contribution in [2.24, 2.45) is 11.3 Å². The van der Waals surface area contributed by atoms with Gasteiger partial charge in [0.15, 0.2) is 5.12 Å². The summed E-state index contributed by atoms with van der Waals surface area (Å²) in [5, 5.41) is 9.13. The second-order valence-electron chi connectivity index (χ2n) is 6.91. The lowest BCUT2D eigenvalue weighted by Crippen LogP contribution is -2.40. The van der Waals surface area contributed by atoms with Crippen LogP contribution in [0.15, 0.2) is 24.3 Å². The minimum absolute atomic E-state index is 0.0162. The van der Waals surface area contributed by atoms with E-state index in [4.69, 9.17) is 5.11 Å². The fraction of sp³-hybridized carbons (Fsp3) is 0.500. The first kappa shape index (κ1) is 20.2. The molecule has 1 amide bonds. The SMILES string of the molecule is Cc1cccc(N(CC(=O)O)C(=O)C(C)CSC(=O)C(C)(C)C)c1. The van der Waals surface area contributed by atoms with Gasteiger partial charge in [-0.3, -0.25) is 14.4 Å². The monoisotopic (exact) mass is 351 g/mol. The van der Waals surface area contributed by atoms with Crippen LogP contribution in [-0.4, -0.2) is 34.4 Å². The van der Waals surface area contributed by atoms with Crippen LogP contribution in [0.4, 0.5) is 5.69 Å². The van der Waals surface area contributed by atoms with Gasteiger partial charge in [0, 0.05) is 22.8 Å². The summed E-state index contributed by atoms with van der Waals surface area (Å²) in [5.41, 5.74) is 1.03. The van der Waals surface area contributed by atoms with Gasteiger partial charge in [-0.15, -0.1) is 0 Å². The minimum atomic E-state index is -1.07. The van der Waals surface area contributed by atoms with E-state index in [2.05, 4.69) is 0 Å². The predicted octanol–water partition coefficient (Wildman–Crippen LogP) is 3.35. The van der Waals surface area contributed by atoms with Gasteiger partial charge in [0.25, 0.3) is 0 Å². The van der Waals surface area contributed by atoms with Gasteiger partial charge >= 0.3 is 5.97 Å². The Bertz CT molecular complexity index is 622. The quantitative estimate of drug-likeness (QED) is 0.850. The van der Waals surface area contributed by atoms with Gasteiger partial charge in [0.1, 0.15) is 6.54 Å². The van der Waals surface area contributed by atoms with E-state index in [1.807, 2.05) is 33.8 Å². The van der Waals surface area contributed by atoms with Crippen LogP contribution in [0, 0.1) is 18.3 Å². The first-order valence-electron chi connectivity index (χ1n) is 7.79. The zero-order valence-corrected chi connectivity index (χ0v) is 15.6. The molecule has 0 saturated carbocycles. The van der Waals surface area contributed by atoms with Crippen molar-refractivity contribution in [2.75, 3.05) is 17.2 Å². The Morgan fingerprint density at radius 1 is 1.25 bits per heavy atom. The van der Waals surface area contributed by atoms with E-state index in [1.165, 1.54) is 4.90 Å². The Hall–Kier alpha value is -1.82. The number of carbonyl (C=O) groups is 3. The maximum atomic E-state index is 12.7. The van der Waals surface area contributed by atoms with Gasteiger partial charge in [-0.1, -0.05) is 51.6 Å². The molecule has 0 aromatic heterocycles. The fourth-order valence-electron chi connectivity index (χ4n) is 1.98. The zero-order valence-electron chi connectivity index (χ0n) is 14.8. The predicted molar refractivity (Wildman–Crippen MR) is 97.3 cm³/mol. The number of benzene rings is 1. The van der Waals surface area contributed by atoms with Crippen LogP contribution in [-0.2, 0) is 14.4 Å². The number of thioether (sulfide) groups is 1. The molecule has 0 fully saturated rings. The molecule has 0 heterocycles. The minimum Gasteiger partial charge on any atom is -0.480 e. The summed E-state index contributed by atoms with van der Waals surface area (Å²) in [4.78, 5) is 37.1. The lowest BCUT2D eigenvalue weighted by atomic mass is 10.00. The molecule has 5 nitrogen and oxygen atoms in total. The molecule has 0 bridgehead atoms.